The Morgan fingerprint density at radius 3 is 2.71 bits per heavy atom. The molecule has 1 aromatic carbocycles. The molecule has 1 heterocycles. The summed E-state index contributed by atoms with van der Waals surface area (Å²) in [6.07, 6.45) is 1.67. The van der Waals surface area contributed by atoms with Gasteiger partial charge in [0.2, 0.25) is 5.91 Å². The second-order valence-corrected chi connectivity index (χ2v) is 6.96. The van der Waals surface area contributed by atoms with E-state index in [9.17, 15) is 14.0 Å². The molecule has 0 saturated heterocycles. The van der Waals surface area contributed by atoms with Crippen LogP contribution >= 0.6 is 11.8 Å². The van der Waals surface area contributed by atoms with Crippen LogP contribution in [-0.2, 0) is 17.9 Å². The molecule has 0 spiro atoms. The molecule has 0 bridgehead atoms. The molecule has 0 aliphatic heterocycles. The Morgan fingerprint density at radius 2 is 2.07 bits per heavy atom. The number of ether oxygens (including phenoxy) is 1. The fourth-order valence-electron chi connectivity index (χ4n) is 2.13. The van der Waals surface area contributed by atoms with Crippen molar-refractivity contribution in [1.82, 2.24) is 25.4 Å². The van der Waals surface area contributed by atoms with Crippen molar-refractivity contribution in [3.63, 3.8) is 0 Å². The van der Waals surface area contributed by atoms with Gasteiger partial charge in [0.15, 0.2) is 11.0 Å². The SMILES string of the molecule is C=CCn1c(COc2ccc(F)cc2)nnc1SC(C)C(=O)NC(=O)NCC. The largest absolute Gasteiger partial charge is 0.486 e. The smallest absolute Gasteiger partial charge is 0.321 e. The summed E-state index contributed by atoms with van der Waals surface area (Å²) in [6.45, 7) is 8.11. The van der Waals surface area contributed by atoms with E-state index in [0.29, 0.717) is 29.8 Å². The lowest BCUT2D eigenvalue weighted by atomic mass is 10.3. The Hall–Kier alpha value is -2.88. The zero-order chi connectivity index (χ0) is 20.5. The Labute approximate surface area is 166 Å². The van der Waals surface area contributed by atoms with E-state index in [1.165, 1.54) is 36.0 Å². The second-order valence-electron chi connectivity index (χ2n) is 5.65. The average Bonchev–Trinajstić information content (AvgIpc) is 3.03. The van der Waals surface area contributed by atoms with Crippen molar-refractivity contribution in [2.45, 2.75) is 37.4 Å². The molecule has 0 aliphatic rings. The number of urea groups is 1. The normalized spacial score (nSPS) is 11.5. The minimum absolute atomic E-state index is 0.118. The first kappa shape index (κ1) is 21.4. The first-order chi connectivity index (χ1) is 13.4. The summed E-state index contributed by atoms with van der Waals surface area (Å²) >= 11 is 1.17. The first-order valence-electron chi connectivity index (χ1n) is 8.61. The van der Waals surface area contributed by atoms with E-state index in [4.69, 9.17) is 4.74 Å². The number of allylic oxidation sites excluding steroid dienone is 1. The molecule has 1 unspecified atom stereocenters. The van der Waals surface area contributed by atoms with Gasteiger partial charge in [-0.25, -0.2) is 9.18 Å². The Morgan fingerprint density at radius 1 is 1.36 bits per heavy atom. The third-order valence-electron chi connectivity index (χ3n) is 3.51. The first-order valence-corrected chi connectivity index (χ1v) is 9.49. The minimum atomic E-state index is -0.568. The van der Waals surface area contributed by atoms with Crippen LogP contribution in [0.2, 0.25) is 0 Å². The minimum Gasteiger partial charge on any atom is -0.486 e. The lowest BCUT2D eigenvalue weighted by molar-refractivity contribution is -0.119. The number of nitrogens with one attached hydrogen (secondary N) is 2. The highest BCUT2D eigenvalue weighted by atomic mass is 32.2. The molecule has 150 valence electrons. The van der Waals surface area contributed by atoms with E-state index in [0.717, 1.165) is 0 Å². The average molecular weight is 407 g/mol. The van der Waals surface area contributed by atoms with E-state index in [-0.39, 0.29) is 12.4 Å². The van der Waals surface area contributed by atoms with Gasteiger partial charge in [0.05, 0.1) is 5.25 Å². The van der Waals surface area contributed by atoms with Gasteiger partial charge >= 0.3 is 6.03 Å². The molecule has 3 amide bonds. The van der Waals surface area contributed by atoms with Crippen molar-refractivity contribution in [3.8, 4) is 5.75 Å². The topological polar surface area (TPSA) is 98.1 Å². The summed E-state index contributed by atoms with van der Waals surface area (Å²) in [4.78, 5) is 23.6. The van der Waals surface area contributed by atoms with Crippen molar-refractivity contribution < 1.29 is 18.7 Å². The van der Waals surface area contributed by atoms with Crippen LogP contribution in [0.1, 0.15) is 19.7 Å². The van der Waals surface area contributed by atoms with E-state index in [1.807, 2.05) is 0 Å². The summed E-state index contributed by atoms with van der Waals surface area (Å²) in [5, 5.41) is 12.9. The van der Waals surface area contributed by atoms with Gasteiger partial charge in [0, 0.05) is 13.1 Å². The van der Waals surface area contributed by atoms with Crippen LogP contribution in [0.15, 0.2) is 42.1 Å². The number of hydrogen-bond acceptors (Lipinski definition) is 6. The van der Waals surface area contributed by atoms with Gasteiger partial charge in [0.25, 0.3) is 0 Å². The fraction of sp³-hybridized carbons (Fsp3) is 0.333. The zero-order valence-electron chi connectivity index (χ0n) is 15.6. The van der Waals surface area contributed by atoms with Crippen LogP contribution in [0.25, 0.3) is 0 Å². The number of nitrogens with zero attached hydrogens (tertiary/aromatic N) is 3. The van der Waals surface area contributed by atoms with Crippen molar-refractivity contribution >= 4 is 23.7 Å². The number of carbonyl (C=O) groups is 2. The number of imide groups is 1. The van der Waals surface area contributed by atoms with E-state index in [2.05, 4.69) is 27.4 Å². The molecule has 0 fully saturated rings. The Balaban J connectivity index is 2.04. The van der Waals surface area contributed by atoms with Crippen LogP contribution in [0.4, 0.5) is 9.18 Å². The Kier molecular flexibility index (Phi) is 8.00. The highest BCUT2D eigenvalue weighted by molar-refractivity contribution is 8.00. The number of carbonyl (C=O) groups excluding carboxylic acids is 2. The van der Waals surface area contributed by atoms with E-state index in [1.54, 1.807) is 24.5 Å². The van der Waals surface area contributed by atoms with Gasteiger partial charge in [0.1, 0.15) is 18.2 Å². The summed E-state index contributed by atoms with van der Waals surface area (Å²) in [6, 6.07) is 5.11. The molecule has 8 nitrogen and oxygen atoms in total. The molecular formula is C18H22FN5O3S. The molecule has 0 saturated carbocycles. The molecule has 2 aromatic rings. The lowest BCUT2D eigenvalue weighted by Crippen LogP contribution is -2.42. The maximum atomic E-state index is 13.0. The van der Waals surface area contributed by atoms with Gasteiger partial charge < -0.3 is 10.1 Å². The molecule has 1 aromatic heterocycles. The van der Waals surface area contributed by atoms with Gasteiger partial charge in [-0.2, -0.15) is 0 Å². The zero-order valence-corrected chi connectivity index (χ0v) is 16.5. The predicted molar refractivity (Wildman–Crippen MR) is 103 cm³/mol. The van der Waals surface area contributed by atoms with Gasteiger partial charge in [-0.1, -0.05) is 17.8 Å². The van der Waals surface area contributed by atoms with Crippen molar-refractivity contribution in [3.05, 3.63) is 48.6 Å². The van der Waals surface area contributed by atoms with Gasteiger partial charge in [-0.15, -0.1) is 16.8 Å². The number of amides is 3. The summed E-state index contributed by atoms with van der Waals surface area (Å²) in [7, 11) is 0. The monoisotopic (exact) mass is 407 g/mol. The summed E-state index contributed by atoms with van der Waals surface area (Å²) < 4.78 is 20.3. The molecular weight excluding hydrogens is 385 g/mol. The molecule has 0 aliphatic carbocycles. The quantitative estimate of drug-likeness (QED) is 0.490. The standard InChI is InChI=1S/C18H22FN5O3S/c1-4-10-24-15(11-27-14-8-6-13(19)7-9-14)22-23-18(24)28-12(3)16(25)21-17(26)20-5-2/h4,6-9,12H,1,5,10-11H2,2-3H3,(H2,20,21,25,26). The number of thioether (sulfide) groups is 1. The van der Waals surface area contributed by atoms with Crippen molar-refractivity contribution in [2.24, 2.45) is 0 Å². The third-order valence-corrected chi connectivity index (χ3v) is 4.59. The van der Waals surface area contributed by atoms with Crippen molar-refractivity contribution in [1.29, 1.82) is 0 Å². The number of rotatable bonds is 9. The predicted octanol–water partition coefficient (Wildman–Crippen LogP) is 2.51. The summed E-state index contributed by atoms with van der Waals surface area (Å²) in [5.41, 5.74) is 0. The molecule has 0 radical (unpaired) electrons. The third kappa shape index (κ3) is 6.08. The highest BCUT2D eigenvalue weighted by Crippen LogP contribution is 2.23. The molecule has 1 atom stereocenters. The van der Waals surface area contributed by atoms with Gasteiger partial charge in [-0.05, 0) is 38.1 Å². The van der Waals surface area contributed by atoms with Crippen LogP contribution in [0.3, 0.4) is 0 Å². The number of aromatic nitrogens is 3. The van der Waals surface area contributed by atoms with E-state index >= 15 is 0 Å². The highest BCUT2D eigenvalue weighted by Gasteiger charge is 2.21. The van der Waals surface area contributed by atoms with Crippen LogP contribution in [0.5, 0.6) is 5.75 Å². The lowest BCUT2D eigenvalue weighted by Gasteiger charge is -2.12. The maximum Gasteiger partial charge on any atom is 0.321 e. The van der Waals surface area contributed by atoms with E-state index < -0.39 is 17.2 Å². The molecule has 28 heavy (non-hydrogen) atoms. The number of hydrogen-bond donors (Lipinski definition) is 2. The van der Waals surface area contributed by atoms with Gasteiger partial charge in [-0.3, -0.25) is 14.7 Å². The molecule has 2 rings (SSSR count). The van der Waals surface area contributed by atoms with Crippen LogP contribution in [-0.4, -0.2) is 38.5 Å². The molecule has 2 N–H and O–H groups in total. The van der Waals surface area contributed by atoms with Crippen LogP contribution < -0.4 is 15.4 Å². The maximum absolute atomic E-state index is 13.0. The molecule has 10 heteroatoms. The Bertz CT molecular complexity index is 825. The summed E-state index contributed by atoms with van der Waals surface area (Å²) in [5.74, 6) is 0.246. The number of benzene rings is 1. The van der Waals surface area contributed by atoms with Crippen molar-refractivity contribution in [2.75, 3.05) is 6.54 Å². The fourth-order valence-corrected chi connectivity index (χ4v) is 3.01. The second kappa shape index (κ2) is 10.5. The van der Waals surface area contributed by atoms with Crippen LogP contribution in [0, 0.1) is 5.82 Å². The number of halogens is 1.